The van der Waals surface area contributed by atoms with Crippen LogP contribution in [0.5, 0.6) is 17.2 Å². The molecule has 0 spiro atoms. The number of aromatic nitrogens is 2. The first-order chi connectivity index (χ1) is 13.6. The molecule has 1 aromatic heterocycles. The summed E-state index contributed by atoms with van der Waals surface area (Å²) in [6, 6.07) is 12.6. The minimum Gasteiger partial charge on any atom is -0.497 e. The SMILES string of the molecule is COc1ccc(-c2nnc(CNC(=O)Cc3ccc(OC)c(OC)c3)o2)cc1. The van der Waals surface area contributed by atoms with Gasteiger partial charge in [-0.25, -0.2) is 0 Å². The van der Waals surface area contributed by atoms with Gasteiger partial charge in [-0.1, -0.05) is 6.07 Å². The molecule has 0 atom stereocenters. The largest absolute Gasteiger partial charge is 0.497 e. The zero-order valence-corrected chi connectivity index (χ0v) is 15.9. The Morgan fingerprint density at radius 3 is 2.39 bits per heavy atom. The molecule has 0 radical (unpaired) electrons. The number of amides is 1. The lowest BCUT2D eigenvalue weighted by Gasteiger charge is -2.09. The number of benzene rings is 2. The van der Waals surface area contributed by atoms with Crippen LogP contribution < -0.4 is 19.5 Å². The summed E-state index contributed by atoms with van der Waals surface area (Å²) in [4.78, 5) is 12.2. The van der Waals surface area contributed by atoms with Gasteiger partial charge in [0.2, 0.25) is 17.7 Å². The molecule has 0 aliphatic rings. The highest BCUT2D eigenvalue weighted by molar-refractivity contribution is 5.78. The van der Waals surface area contributed by atoms with Gasteiger partial charge < -0.3 is 23.9 Å². The summed E-state index contributed by atoms with van der Waals surface area (Å²) in [5, 5.41) is 10.7. The Balaban J connectivity index is 1.57. The van der Waals surface area contributed by atoms with Gasteiger partial charge in [0.05, 0.1) is 34.3 Å². The van der Waals surface area contributed by atoms with E-state index in [1.165, 1.54) is 0 Å². The van der Waals surface area contributed by atoms with Crippen LogP contribution in [0.15, 0.2) is 46.9 Å². The third kappa shape index (κ3) is 4.59. The number of ether oxygens (including phenoxy) is 3. The van der Waals surface area contributed by atoms with Gasteiger partial charge >= 0.3 is 0 Å². The molecule has 146 valence electrons. The third-order valence-corrected chi connectivity index (χ3v) is 4.05. The van der Waals surface area contributed by atoms with E-state index in [2.05, 4.69) is 15.5 Å². The Morgan fingerprint density at radius 1 is 0.964 bits per heavy atom. The molecule has 1 heterocycles. The molecule has 0 unspecified atom stereocenters. The van der Waals surface area contributed by atoms with Crippen molar-refractivity contribution < 1.29 is 23.4 Å². The number of hydrogen-bond acceptors (Lipinski definition) is 7. The van der Waals surface area contributed by atoms with Gasteiger partial charge in [-0.15, -0.1) is 10.2 Å². The lowest BCUT2D eigenvalue weighted by atomic mass is 10.1. The van der Waals surface area contributed by atoms with Crippen molar-refractivity contribution in [1.29, 1.82) is 0 Å². The minimum atomic E-state index is -0.170. The van der Waals surface area contributed by atoms with E-state index in [4.69, 9.17) is 18.6 Å². The fourth-order valence-corrected chi connectivity index (χ4v) is 2.59. The maximum Gasteiger partial charge on any atom is 0.247 e. The molecule has 8 nitrogen and oxygen atoms in total. The van der Waals surface area contributed by atoms with E-state index in [-0.39, 0.29) is 18.9 Å². The van der Waals surface area contributed by atoms with Crippen molar-refractivity contribution in [2.75, 3.05) is 21.3 Å². The summed E-state index contributed by atoms with van der Waals surface area (Å²) in [6.07, 6.45) is 0.194. The maximum atomic E-state index is 12.2. The van der Waals surface area contributed by atoms with E-state index in [0.717, 1.165) is 16.9 Å². The monoisotopic (exact) mass is 383 g/mol. The quantitative estimate of drug-likeness (QED) is 0.639. The first kappa shape index (κ1) is 19.2. The molecule has 2 aromatic carbocycles. The van der Waals surface area contributed by atoms with Crippen LogP contribution in [0.1, 0.15) is 11.5 Å². The smallest absolute Gasteiger partial charge is 0.247 e. The number of carbonyl (C=O) groups excluding carboxylic acids is 1. The predicted octanol–water partition coefficient (Wildman–Crippen LogP) is 2.62. The van der Waals surface area contributed by atoms with E-state index in [9.17, 15) is 4.79 Å². The molecular formula is C20H21N3O5. The Labute approximate surface area is 162 Å². The van der Waals surface area contributed by atoms with Crippen molar-refractivity contribution >= 4 is 5.91 Å². The second kappa shape index (κ2) is 8.90. The Hall–Kier alpha value is -3.55. The van der Waals surface area contributed by atoms with Crippen molar-refractivity contribution in [3.05, 3.63) is 53.9 Å². The van der Waals surface area contributed by atoms with Crippen LogP contribution in [-0.4, -0.2) is 37.4 Å². The highest BCUT2D eigenvalue weighted by atomic mass is 16.5. The van der Waals surface area contributed by atoms with Crippen LogP contribution in [0.4, 0.5) is 0 Å². The fourth-order valence-electron chi connectivity index (χ4n) is 2.59. The van der Waals surface area contributed by atoms with Crippen molar-refractivity contribution in [2.45, 2.75) is 13.0 Å². The molecule has 8 heteroatoms. The van der Waals surface area contributed by atoms with Gasteiger partial charge in [0.25, 0.3) is 0 Å². The summed E-state index contributed by atoms with van der Waals surface area (Å²) < 4.78 is 21.2. The number of carbonyl (C=O) groups is 1. The van der Waals surface area contributed by atoms with Gasteiger partial charge in [-0.05, 0) is 42.0 Å². The fraction of sp³-hybridized carbons (Fsp3) is 0.250. The molecule has 1 amide bonds. The van der Waals surface area contributed by atoms with Gasteiger partial charge in [0, 0.05) is 5.56 Å². The number of methoxy groups -OCH3 is 3. The zero-order chi connectivity index (χ0) is 19.9. The van der Waals surface area contributed by atoms with E-state index < -0.39 is 0 Å². The molecule has 1 N–H and O–H groups in total. The van der Waals surface area contributed by atoms with Gasteiger partial charge in [0.1, 0.15) is 5.75 Å². The first-order valence-electron chi connectivity index (χ1n) is 8.57. The topological polar surface area (TPSA) is 95.7 Å². The Morgan fingerprint density at radius 2 is 1.71 bits per heavy atom. The molecule has 0 saturated carbocycles. The molecule has 0 bridgehead atoms. The van der Waals surface area contributed by atoms with E-state index >= 15 is 0 Å². The average molecular weight is 383 g/mol. The van der Waals surface area contributed by atoms with Crippen LogP contribution in [0, 0.1) is 0 Å². The van der Waals surface area contributed by atoms with Crippen LogP contribution in [0.2, 0.25) is 0 Å². The second-order valence-electron chi connectivity index (χ2n) is 5.87. The van der Waals surface area contributed by atoms with Crippen molar-refractivity contribution in [2.24, 2.45) is 0 Å². The first-order valence-corrected chi connectivity index (χ1v) is 8.57. The number of rotatable bonds is 8. The van der Waals surface area contributed by atoms with Gasteiger partial charge in [-0.2, -0.15) is 0 Å². The summed E-state index contributed by atoms with van der Waals surface area (Å²) in [6.45, 7) is 0.148. The zero-order valence-electron chi connectivity index (χ0n) is 15.9. The van der Waals surface area contributed by atoms with Crippen LogP contribution in [0.25, 0.3) is 11.5 Å². The predicted molar refractivity (Wildman–Crippen MR) is 101 cm³/mol. The summed E-state index contributed by atoms with van der Waals surface area (Å²) in [5.41, 5.74) is 1.58. The number of nitrogens with zero attached hydrogens (tertiary/aromatic N) is 2. The summed E-state index contributed by atoms with van der Waals surface area (Å²) >= 11 is 0. The molecule has 3 aromatic rings. The van der Waals surface area contributed by atoms with E-state index in [0.29, 0.717) is 23.3 Å². The third-order valence-electron chi connectivity index (χ3n) is 4.05. The Bertz CT molecular complexity index is 937. The second-order valence-corrected chi connectivity index (χ2v) is 5.87. The molecule has 0 saturated heterocycles. The summed E-state index contributed by atoms with van der Waals surface area (Å²) in [5.74, 6) is 2.47. The van der Waals surface area contributed by atoms with E-state index in [1.807, 2.05) is 30.3 Å². The van der Waals surface area contributed by atoms with Crippen molar-refractivity contribution in [3.8, 4) is 28.7 Å². The molecule has 0 fully saturated rings. The van der Waals surface area contributed by atoms with Gasteiger partial charge in [0.15, 0.2) is 11.5 Å². The number of hydrogen-bond donors (Lipinski definition) is 1. The summed E-state index contributed by atoms with van der Waals surface area (Å²) in [7, 11) is 4.72. The van der Waals surface area contributed by atoms with Crippen LogP contribution in [-0.2, 0) is 17.8 Å². The standard InChI is InChI=1S/C20H21N3O5/c1-25-15-7-5-14(6-8-15)20-23-22-19(28-20)12-21-18(24)11-13-4-9-16(26-2)17(10-13)27-3/h4-10H,11-12H2,1-3H3,(H,21,24). The van der Waals surface area contributed by atoms with Crippen LogP contribution in [0.3, 0.4) is 0 Å². The lowest BCUT2D eigenvalue weighted by molar-refractivity contribution is -0.120. The highest BCUT2D eigenvalue weighted by Crippen LogP contribution is 2.27. The molecule has 28 heavy (non-hydrogen) atoms. The van der Waals surface area contributed by atoms with E-state index in [1.54, 1.807) is 33.5 Å². The maximum absolute atomic E-state index is 12.2. The molecule has 0 aliphatic carbocycles. The normalized spacial score (nSPS) is 10.4. The average Bonchev–Trinajstić information content (AvgIpc) is 3.21. The van der Waals surface area contributed by atoms with Crippen molar-refractivity contribution in [1.82, 2.24) is 15.5 Å². The van der Waals surface area contributed by atoms with Crippen LogP contribution >= 0.6 is 0 Å². The van der Waals surface area contributed by atoms with Gasteiger partial charge in [-0.3, -0.25) is 4.79 Å². The molecule has 0 aliphatic heterocycles. The minimum absolute atomic E-state index is 0.148. The number of nitrogens with one attached hydrogen (secondary N) is 1. The molecule has 3 rings (SSSR count). The Kier molecular flexibility index (Phi) is 6.11. The highest BCUT2D eigenvalue weighted by Gasteiger charge is 2.12. The lowest BCUT2D eigenvalue weighted by Crippen LogP contribution is -2.24. The molecular weight excluding hydrogens is 362 g/mol. The van der Waals surface area contributed by atoms with Crippen molar-refractivity contribution in [3.63, 3.8) is 0 Å².